The van der Waals surface area contributed by atoms with E-state index >= 15 is 0 Å². The van der Waals surface area contributed by atoms with Gasteiger partial charge in [-0.2, -0.15) is 0 Å². The van der Waals surface area contributed by atoms with Crippen LogP contribution in [0.15, 0.2) is 16.7 Å². The number of likely N-dealkylation sites (tertiary alicyclic amines) is 1. The zero-order chi connectivity index (χ0) is 12.4. The minimum Gasteiger partial charge on any atom is -0.481 e. The van der Waals surface area contributed by atoms with Crippen LogP contribution in [-0.2, 0) is 4.79 Å². The number of carboxylic acids is 1. The number of nitrogens with zero attached hydrogens (tertiary/aromatic N) is 1. The van der Waals surface area contributed by atoms with Crippen LogP contribution in [0.2, 0.25) is 0 Å². The molecule has 1 aromatic heterocycles. The molecule has 1 aromatic rings. The fourth-order valence-corrected chi connectivity index (χ4v) is 2.06. The minimum absolute atomic E-state index is 0.142. The van der Waals surface area contributed by atoms with Crippen molar-refractivity contribution in [3.63, 3.8) is 0 Å². The second-order valence-corrected chi connectivity index (χ2v) is 4.34. The Bertz CT molecular complexity index is 429. The van der Waals surface area contributed by atoms with Crippen molar-refractivity contribution in [3.8, 4) is 0 Å². The van der Waals surface area contributed by atoms with Gasteiger partial charge < -0.3 is 14.4 Å². The number of aryl methyl sites for hydroxylation is 1. The van der Waals surface area contributed by atoms with E-state index in [2.05, 4.69) is 0 Å². The number of rotatable bonds is 2. The number of furan rings is 1. The largest absolute Gasteiger partial charge is 0.481 e. The molecule has 0 aromatic carbocycles. The summed E-state index contributed by atoms with van der Waals surface area (Å²) < 4.78 is 5.15. The topological polar surface area (TPSA) is 70.8 Å². The zero-order valence-electron chi connectivity index (χ0n) is 9.68. The normalized spacial score (nSPS) is 17.1. The Kier molecular flexibility index (Phi) is 3.17. The molecule has 2 heterocycles. The van der Waals surface area contributed by atoms with Crippen molar-refractivity contribution in [3.05, 3.63) is 23.7 Å². The summed E-state index contributed by atoms with van der Waals surface area (Å²) in [5.41, 5.74) is 0.815. The van der Waals surface area contributed by atoms with Crippen LogP contribution in [-0.4, -0.2) is 35.0 Å². The summed E-state index contributed by atoms with van der Waals surface area (Å²) in [6, 6.07) is 1.75. The van der Waals surface area contributed by atoms with E-state index in [1.165, 1.54) is 6.26 Å². The molecule has 17 heavy (non-hydrogen) atoms. The maximum atomic E-state index is 12.0. The zero-order valence-corrected chi connectivity index (χ0v) is 9.68. The fourth-order valence-electron chi connectivity index (χ4n) is 2.06. The summed E-state index contributed by atoms with van der Waals surface area (Å²) >= 11 is 0. The van der Waals surface area contributed by atoms with Crippen molar-refractivity contribution in [1.82, 2.24) is 4.90 Å². The molecule has 92 valence electrons. The van der Waals surface area contributed by atoms with Crippen LogP contribution in [0.4, 0.5) is 0 Å². The number of hydrogen-bond acceptors (Lipinski definition) is 3. The average molecular weight is 237 g/mol. The van der Waals surface area contributed by atoms with Crippen LogP contribution < -0.4 is 0 Å². The van der Waals surface area contributed by atoms with E-state index in [0.717, 1.165) is 5.56 Å². The maximum absolute atomic E-state index is 12.0. The SMILES string of the molecule is Cc1ccoc1C(=O)N1CCC(C(=O)O)CC1. The third-order valence-corrected chi connectivity index (χ3v) is 3.19. The van der Waals surface area contributed by atoms with Crippen molar-refractivity contribution < 1.29 is 19.1 Å². The van der Waals surface area contributed by atoms with E-state index in [4.69, 9.17) is 9.52 Å². The molecule has 0 spiro atoms. The average Bonchev–Trinajstić information content (AvgIpc) is 2.74. The highest BCUT2D eigenvalue weighted by molar-refractivity contribution is 5.93. The number of hydrogen-bond donors (Lipinski definition) is 1. The Morgan fingerprint density at radius 2 is 2.06 bits per heavy atom. The highest BCUT2D eigenvalue weighted by atomic mass is 16.4. The van der Waals surface area contributed by atoms with Crippen molar-refractivity contribution >= 4 is 11.9 Å². The fraction of sp³-hybridized carbons (Fsp3) is 0.500. The van der Waals surface area contributed by atoms with Gasteiger partial charge in [0.15, 0.2) is 5.76 Å². The van der Waals surface area contributed by atoms with E-state index in [0.29, 0.717) is 31.7 Å². The molecule has 0 unspecified atom stereocenters. The summed E-state index contributed by atoms with van der Waals surface area (Å²) in [5, 5.41) is 8.87. The third kappa shape index (κ3) is 2.33. The van der Waals surface area contributed by atoms with Gasteiger partial charge in [-0.1, -0.05) is 0 Å². The summed E-state index contributed by atoms with van der Waals surface area (Å²) in [6.45, 7) is 2.78. The predicted molar refractivity (Wildman–Crippen MR) is 59.7 cm³/mol. The number of aliphatic carboxylic acids is 1. The van der Waals surface area contributed by atoms with E-state index in [1.807, 2.05) is 6.92 Å². The molecule has 1 amide bonds. The van der Waals surface area contributed by atoms with Crippen LogP contribution >= 0.6 is 0 Å². The Labute approximate surface area is 99.0 Å². The van der Waals surface area contributed by atoms with Gasteiger partial charge in [-0.05, 0) is 25.8 Å². The van der Waals surface area contributed by atoms with E-state index < -0.39 is 5.97 Å². The smallest absolute Gasteiger partial charge is 0.306 e. The lowest BCUT2D eigenvalue weighted by Crippen LogP contribution is -2.40. The molecule has 1 aliphatic rings. The van der Waals surface area contributed by atoms with Crippen molar-refractivity contribution in [1.29, 1.82) is 0 Å². The number of carboxylic acid groups (broad SMARTS) is 1. The highest BCUT2D eigenvalue weighted by Gasteiger charge is 2.29. The van der Waals surface area contributed by atoms with Gasteiger partial charge in [-0.25, -0.2) is 0 Å². The van der Waals surface area contributed by atoms with E-state index in [1.54, 1.807) is 11.0 Å². The number of piperidine rings is 1. The van der Waals surface area contributed by atoms with E-state index in [-0.39, 0.29) is 11.8 Å². The van der Waals surface area contributed by atoms with Crippen LogP contribution in [0.1, 0.15) is 29.0 Å². The van der Waals surface area contributed by atoms with Crippen molar-refractivity contribution in [2.75, 3.05) is 13.1 Å². The molecular formula is C12H15NO4. The first kappa shape index (κ1) is 11.7. The molecule has 2 rings (SSSR count). The Morgan fingerprint density at radius 1 is 1.41 bits per heavy atom. The second-order valence-electron chi connectivity index (χ2n) is 4.34. The summed E-state index contributed by atoms with van der Waals surface area (Å²) in [5.74, 6) is -0.877. The van der Waals surface area contributed by atoms with Gasteiger partial charge in [0.1, 0.15) is 0 Å². The Morgan fingerprint density at radius 3 is 2.53 bits per heavy atom. The lowest BCUT2D eigenvalue weighted by atomic mass is 9.97. The van der Waals surface area contributed by atoms with Crippen molar-refractivity contribution in [2.24, 2.45) is 5.92 Å². The molecule has 1 N–H and O–H groups in total. The molecule has 0 radical (unpaired) electrons. The van der Waals surface area contributed by atoms with Crippen LogP contribution in [0.3, 0.4) is 0 Å². The highest BCUT2D eigenvalue weighted by Crippen LogP contribution is 2.20. The molecule has 5 nitrogen and oxygen atoms in total. The minimum atomic E-state index is -0.772. The van der Waals surface area contributed by atoms with Gasteiger partial charge in [-0.15, -0.1) is 0 Å². The van der Waals surface area contributed by atoms with Gasteiger partial charge in [-0.3, -0.25) is 9.59 Å². The molecular weight excluding hydrogens is 222 g/mol. The standard InChI is InChI=1S/C12H15NO4/c1-8-4-7-17-10(8)11(14)13-5-2-9(3-6-13)12(15)16/h4,7,9H,2-3,5-6H2,1H3,(H,15,16). The van der Waals surface area contributed by atoms with E-state index in [9.17, 15) is 9.59 Å². The lowest BCUT2D eigenvalue weighted by molar-refractivity contribution is -0.143. The molecule has 1 fully saturated rings. The van der Waals surface area contributed by atoms with Crippen LogP contribution in [0.25, 0.3) is 0 Å². The monoisotopic (exact) mass is 237 g/mol. The quantitative estimate of drug-likeness (QED) is 0.846. The molecule has 5 heteroatoms. The molecule has 0 saturated carbocycles. The first-order chi connectivity index (χ1) is 8.09. The van der Waals surface area contributed by atoms with Gasteiger partial charge in [0.25, 0.3) is 5.91 Å². The predicted octanol–water partition coefficient (Wildman–Crippen LogP) is 1.52. The first-order valence-corrected chi connectivity index (χ1v) is 5.65. The van der Waals surface area contributed by atoms with Crippen LogP contribution in [0.5, 0.6) is 0 Å². The van der Waals surface area contributed by atoms with Crippen molar-refractivity contribution in [2.45, 2.75) is 19.8 Å². The number of amides is 1. The maximum Gasteiger partial charge on any atom is 0.306 e. The number of carbonyl (C=O) groups is 2. The first-order valence-electron chi connectivity index (χ1n) is 5.65. The molecule has 1 saturated heterocycles. The second kappa shape index (κ2) is 4.61. The number of carbonyl (C=O) groups excluding carboxylic acids is 1. The lowest BCUT2D eigenvalue weighted by Gasteiger charge is -2.29. The van der Waals surface area contributed by atoms with Gasteiger partial charge in [0, 0.05) is 18.7 Å². The van der Waals surface area contributed by atoms with Gasteiger partial charge in [0.05, 0.1) is 12.2 Å². The van der Waals surface area contributed by atoms with Crippen LogP contribution in [0, 0.1) is 12.8 Å². The summed E-state index contributed by atoms with van der Waals surface area (Å²) in [4.78, 5) is 24.5. The summed E-state index contributed by atoms with van der Waals surface area (Å²) in [6.07, 6.45) is 2.52. The third-order valence-electron chi connectivity index (χ3n) is 3.19. The molecule has 0 bridgehead atoms. The van der Waals surface area contributed by atoms with Gasteiger partial charge in [0.2, 0.25) is 0 Å². The summed E-state index contributed by atoms with van der Waals surface area (Å²) in [7, 11) is 0. The molecule has 0 atom stereocenters. The Hall–Kier alpha value is -1.78. The molecule has 0 aliphatic carbocycles. The van der Waals surface area contributed by atoms with Gasteiger partial charge >= 0.3 is 5.97 Å². The Balaban J connectivity index is 2.00. The molecule has 1 aliphatic heterocycles.